The molecule has 110 heavy (non-hydrogen) atoms. The van der Waals surface area contributed by atoms with Crippen LogP contribution in [-0.4, -0.2) is 313 Å². The second kappa shape index (κ2) is 47.2. The summed E-state index contributed by atoms with van der Waals surface area (Å²) in [6, 6.07) is 31.9. The number of hydrogen-bond donors (Lipinski definition) is 0. The molecule has 0 aliphatic carbocycles. The molecule has 3 fully saturated rings. The van der Waals surface area contributed by atoms with Gasteiger partial charge in [-0.2, -0.15) is 0 Å². The molecule has 4 atom stereocenters. The van der Waals surface area contributed by atoms with Gasteiger partial charge in [0, 0.05) is 126 Å². The number of hydrogen-bond acceptors (Lipinski definition) is 24. The van der Waals surface area contributed by atoms with E-state index in [2.05, 4.69) is 32.8 Å². The maximum absolute atomic E-state index is 14.6. The molecular weight excluding hydrogens is 1410 g/mol. The summed E-state index contributed by atoms with van der Waals surface area (Å²) in [7, 11) is 7.82. The summed E-state index contributed by atoms with van der Waals surface area (Å²) in [5.74, 6) is -2.24. The second-order valence-corrected chi connectivity index (χ2v) is 28.3. The second-order valence-electron chi connectivity index (χ2n) is 28.3. The van der Waals surface area contributed by atoms with Crippen LogP contribution in [0.4, 0.5) is 11.4 Å². The summed E-state index contributed by atoms with van der Waals surface area (Å²) in [6.45, 7) is 28.5. The molecule has 2 amide bonds. The highest BCUT2D eigenvalue weighted by Gasteiger charge is 2.42. The SMILES string of the molecule is C=CC(=O)OCCOCCOCCOCCOC(=O)CCN1CCN(c2ccc(C(=O)C(CC)(Cc3ccc(C(C)C(=O)N4CCN(C(=O)C(C)c5ccc(CC(CC)(C(=O)c6ccc(N7CCN(CCC(=O)OCCOCCOCCOCCOC(=O)C=C)CC7)cc6)N(C)C)cc5)CC4)cc3)N(C)C)cc2)CC1. The van der Waals surface area contributed by atoms with Crippen LogP contribution in [0.2, 0.25) is 0 Å². The molecule has 0 N–H and O–H groups in total. The van der Waals surface area contributed by atoms with Crippen LogP contribution < -0.4 is 9.80 Å². The average molecular weight is 1530 g/mol. The average Bonchev–Trinajstić information content (AvgIpc) is 0.787. The topological polar surface area (TPSA) is 255 Å². The minimum atomic E-state index is -0.814. The van der Waals surface area contributed by atoms with E-state index in [0.717, 1.165) is 98.1 Å². The number of benzene rings is 4. The van der Waals surface area contributed by atoms with Gasteiger partial charge in [0.25, 0.3) is 0 Å². The van der Waals surface area contributed by atoms with Crippen molar-refractivity contribution in [1.82, 2.24) is 29.4 Å². The van der Waals surface area contributed by atoms with Gasteiger partial charge in [0.15, 0.2) is 11.6 Å². The first-order chi connectivity index (χ1) is 53.1. The lowest BCUT2D eigenvalue weighted by Gasteiger charge is -2.39. The molecule has 3 heterocycles. The Kier molecular flexibility index (Phi) is 38.1. The van der Waals surface area contributed by atoms with E-state index in [1.807, 2.05) is 173 Å². The number of carbonyl (C=O) groups excluding carboxylic acids is 8. The number of carbonyl (C=O) groups is 8. The predicted molar refractivity (Wildman–Crippen MR) is 421 cm³/mol. The molecule has 3 saturated heterocycles. The number of anilines is 2. The Bertz CT molecular complexity index is 3270. The van der Waals surface area contributed by atoms with E-state index in [4.69, 9.17) is 47.4 Å². The van der Waals surface area contributed by atoms with E-state index in [0.29, 0.717) is 129 Å². The van der Waals surface area contributed by atoms with Gasteiger partial charge in [-0.25, -0.2) is 9.59 Å². The lowest BCUT2D eigenvalue weighted by Crippen LogP contribution is -2.52. The smallest absolute Gasteiger partial charge is 0.330 e. The highest BCUT2D eigenvalue weighted by atomic mass is 16.6. The van der Waals surface area contributed by atoms with Crippen molar-refractivity contribution in [2.45, 2.75) is 89.1 Å². The number of rotatable bonds is 50. The van der Waals surface area contributed by atoms with Crippen LogP contribution in [0.1, 0.15) is 108 Å². The molecule has 26 nitrogen and oxygen atoms in total. The Morgan fingerprint density at radius 3 is 0.945 bits per heavy atom. The Labute approximate surface area is 651 Å². The van der Waals surface area contributed by atoms with Crippen LogP contribution in [0.5, 0.6) is 0 Å². The fraction of sp³-hybridized carbons (Fsp3) is 0.571. The molecule has 3 aliphatic rings. The summed E-state index contributed by atoms with van der Waals surface area (Å²) in [5.41, 5.74) is 5.48. The molecular formula is C84H120N8O18. The van der Waals surface area contributed by atoms with Crippen molar-refractivity contribution >= 4 is 58.6 Å². The molecule has 4 unspecified atom stereocenters. The van der Waals surface area contributed by atoms with E-state index in [9.17, 15) is 38.4 Å². The van der Waals surface area contributed by atoms with Gasteiger partial charge in [-0.05, 0) is 139 Å². The van der Waals surface area contributed by atoms with Crippen LogP contribution >= 0.6 is 0 Å². The van der Waals surface area contributed by atoms with Gasteiger partial charge in [0.05, 0.1) is 115 Å². The molecule has 3 aliphatic heterocycles. The van der Waals surface area contributed by atoms with Crippen molar-refractivity contribution < 1.29 is 85.7 Å². The van der Waals surface area contributed by atoms with E-state index in [1.165, 1.54) is 0 Å². The number of esters is 4. The van der Waals surface area contributed by atoms with E-state index < -0.39 is 34.9 Å². The number of nitrogens with zero attached hydrogens (tertiary/aromatic N) is 8. The molecule has 0 bridgehead atoms. The first-order valence-corrected chi connectivity index (χ1v) is 38.9. The number of ketones is 2. The monoisotopic (exact) mass is 1530 g/mol. The van der Waals surface area contributed by atoms with Crippen LogP contribution in [-0.2, 0) is 89.0 Å². The number of piperazine rings is 3. The van der Waals surface area contributed by atoms with Gasteiger partial charge < -0.3 is 67.0 Å². The molecule has 0 radical (unpaired) electrons. The molecule has 0 spiro atoms. The Balaban J connectivity index is 0.776. The summed E-state index contributed by atoms with van der Waals surface area (Å²) < 4.78 is 53.0. The van der Waals surface area contributed by atoms with Crippen molar-refractivity contribution in [3.05, 3.63) is 156 Å². The van der Waals surface area contributed by atoms with E-state index in [-0.39, 0.29) is 101 Å². The molecule has 4 aromatic rings. The first kappa shape index (κ1) is 88.9. The lowest BCUT2D eigenvalue weighted by molar-refractivity contribution is -0.146. The van der Waals surface area contributed by atoms with Crippen molar-refractivity contribution in [3.63, 3.8) is 0 Å². The lowest BCUT2D eigenvalue weighted by atomic mass is 9.80. The normalized spacial score (nSPS) is 16.0. The van der Waals surface area contributed by atoms with Crippen molar-refractivity contribution in [1.29, 1.82) is 0 Å². The van der Waals surface area contributed by atoms with Gasteiger partial charge in [0.2, 0.25) is 11.8 Å². The molecule has 26 heteroatoms. The van der Waals surface area contributed by atoms with Gasteiger partial charge in [-0.1, -0.05) is 75.5 Å². The molecule has 0 aromatic heterocycles. The third kappa shape index (κ3) is 27.6. The van der Waals surface area contributed by atoms with E-state index >= 15 is 0 Å². The van der Waals surface area contributed by atoms with Crippen LogP contribution in [0.25, 0.3) is 0 Å². The minimum Gasteiger partial charge on any atom is -0.463 e. The third-order valence-corrected chi connectivity index (χ3v) is 21.1. The maximum Gasteiger partial charge on any atom is 0.330 e. The number of likely N-dealkylation sites (N-methyl/N-ethyl adjacent to an activating group) is 2. The number of Topliss-reactive ketones (excluding diaryl/α,β-unsaturated/α-hetero) is 2. The minimum absolute atomic E-state index is 0.00621. The summed E-state index contributed by atoms with van der Waals surface area (Å²) >= 11 is 0. The van der Waals surface area contributed by atoms with Gasteiger partial charge in [-0.3, -0.25) is 48.4 Å². The van der Waals surface area contributed by atoms with Crippen molar-refractivity contribution in [2.24, 2.45) is 0 Å². The van der Waals surface area contributed by atoms with Crippen molar-refractivity contribution in [2.75, 3.05) is 235 Å². The molecule has 0 saturated carbocycles. The zero-order valence-corrected chi connectivity index (χ0v) is 66.3. The molecule has 4 aromatic carbocycles. The van der Waals surface area contributed by atoms with Crippen molar-refractivity contribution in [3.8, 4) is 0 Å². The fourth-order valence-corrected chi connectivity index (χ4v) is 13.9. The highest BCUT2D eigenvalue weighted by molar-refractivity contribution is 6.04. The van der Waals surface area contributed by atoms with Gasteiger partial charge in [0.1, 0.15) is 26.4 Å². The number of ether oxygens (including phenoxy) is 10. The summed E-state index contributed by atoms with van der Waals surface area (Å²) in [5, 5.41) is 0. The molecule has 7 rings (SSSR count). The zero-order chi connectivity index (χ0) is 79.3. The van der Waals surface area contributed by atoms with Gasteiger partial charge >= 0.3 is 23.9 Å². The summed E-state index contributed by atoms with van der Waals surface area (Å²) in [4.78, 5) is 121. The largest absolute Gasteiger partial charge is 0.463 e. The highest BCUT2D eigenvalue weighted by Crippen LogP contribution is 2.33. The molecule has 604 valence electrons. The van der Waals surface area contributed by atoms with E-state index in [1.54, 1.807) is 0 Å². The van der Waals surface area contributed by atoms with Crippen LogP contribution in [0, 0.1) is 0 Å². The number of amides is 2. The first-order valence-electron chi connectivity index (χ1n) is 38.9. The van der Waals surface area contributed by atoms with Crippen LogP contribution in [0.15, 0.2) is 122 Å². The maximum atomic E-state index is 14.6. The Hall–Kier alpha value is -8.28. The predicted octanol–water partition coefficient (Wildman–Crippen LogP) is 7.20. The van der Waals surface area contributed by atoms with Crippen LogP contribution in [0.3, 0.4) is 0 Å². The fourth-order valence-electron chi connectivity index (χ4n) is 13.9. The Morgan fingerprint density at radius 1 is 0.391 bits per heavy atom. The Morgan fingerprint density at radius 2 is 0.673 bits per heavy atom. The van der Waals surface area contributed by atoms with Gasteiger partial charge in [-0.15, -0.1) is 0 Å². The zero-order valence-electron chi connectivity index (χ0n) is 66.3. The third-order valence-electron chi connectivity index (χ3n) is 21.1. The summed E-state index contributed by atoms with van der Waals surface area (Å²) in [6.07, 6.45) is 4.91. The quantitative estimate of drug-likeness (QED) is 0.0139. The standard InChI is InChI=1S/C84H120N8O18/c1-11-75(93)107-59-55-103-51-47-101-49-53-105-57-61-109-77(95)31-33-87-35-39-89(40-36-87)73-27-23-71(24-28-73)79(97)83(13-3,85(7)8)63-67-15-19-69(20-16-67)65(5)81(99)91-43-45-92(46-44-91)82(100)66(6)70-21-17-68(18-22-70)64-84(14-4,86(9)10)80(98)72-25-29-74(30-26-72)90-41-37-88(38-42-90)34-32-78(96)110-62-58-106-54-50-102-48-52-104-56-60-108-76(94)12-2/h11-12,15-30,65-66H,1-2,13-14,31-64H2,3-10H3.